The molecule has 0 amide bonds. The van der Waals surface area contributed by atoms with Gasteiger partial charge in [0.25, 0.3) is 0 Å². The number of phenols is 4. The summed E-state index contributed by atoms with van der Waals surface area (Å²) in [6.07, 6.45) is -8.40. The van der Waals surface area contributed by atoms with E-state index < -0.39 is 71.5 Å². The topological polar surface area (TPSA) is 211 Å². The Hall–Kier alpha value is -3.55. The maximum Gasteiger partial charge on any atom is 0.239 e. The van der Waals surface area contributed by atoms with E-state index in [2.05, 4.69) is 0 Å². The predicted octanol–water partition coefficient (Wildman–Crippen LogP) is -0.539. The molecule has 1 aliphatic heterocycles. The summed E-state index contributed by atoms with van der Waals surface area (Å²) in [5.74, 6) is -3.05. The van der Waals surface area contributed by atoms with Gasteiger partial charge in [-0.3, -0.25) is 4.79 Å². The van der Waals surface area contributed by atoms with Crippen molar-refractivity contribution >= 4 is 11.0 Å². The molecule has 12 heteroatoms. The summed E-state index contributed by atoms with van der Waals surface area (Å²) >= 11 is 0. The van der Waals surface area contributed by atoms with Crippen molar-refractivity contribution in [2.24, 2.45) is 0 Å². The van der Waals surface area contributed by atoms with E-state index in [1.807, 2.05) is 0 Å². The molecule has 33 heavy (non-hydrogen) atoms. The maximum absolute atomic E-state index is 13.2. The molecular formula is C21H20O12. The summed E-state index contributed by atoms with van der Waals surface area (Å²) in [6.45, 7) is -0.740. The third-order valence-electron chi connectivity index (χ3n) is 5.24. The van der Waals surface area contributed by atoms with Gasteiger partial charge in [0.1, 0.15) is 46.9 Å². The van der Waals surface area contributed by atoms with Gasteiger partial charge in [0.2, 0.25) is 17.5 Å². The van der Waals surface area contributed by atoms with Gasteiger partial charge in [-0.05, 0) is 18.2 Å². The monoisotopic (exact) mass is 464 g/mol. The van der Waals surface area contributed by atoms with Gasteiger partial charge in [-0.1, -0.05) is 0 Å². The number of aromatic hydroxyl groups is 4. The molecule has 0 radical (unpaired) electrons. The van der Waals surface area contributed by atoms with E-state index in [4.69, 9.17) is 13.9 Å². The Labute approximate surface area is 184 Å². The van der Waals surface area contributed by atoms with E-state index in [9.17, 15) is 45.6 Å². The molecule has 1 fully saturated rings. The highest BCUT2D eigenvalue weighted by Crippen LogP contribution is 2.39. The fourth-order valence-corrected chi connectivity index (χ4v) is 3.51. The molecule has 2 aromatic carbocycles. The van der Waals surface area contributed by atoms with Crippen LogP contribution in [-0.2, 0) is 4.74 Å². The number of rotatable bonds is 4. The van der Waals surface area contributed by atoms with Crippen molar-refractivity contribution in [2.75, 3.05) is 6.61 Å². The van der Waals surface area contributed by atoms with Crippen LogP contribution in [0.3, 0.4) is 0 Å². The summed E-state index contributed by atoms with van der Waals surface area (Å²) in [7, 11) is 0. The molecule has 1 aliphatic rings. The molecule has 5 atom stereocenters. The first-order valence-corrected chi connectivity index (χ1v) is 9.64. The van der Waals surface area contributed by atoms with E-state index >= 15 is 0 Å². The fourth-order valence-electron chi connectivity index (χ4n) is 3.51. The molecule has 0 spiro atoms. The summed E-state index contributed by atoms with van der Waals surface area (Å²) in [5.41, 5.74) is -1.19. The van der Waals surface area contributed by atoms with Crippen molar-refractivity contribution in [3.63, 3.8) is 0 Å². The summed E-state index contributed by atoms with van der Waals surface area (Å²) in [5, 5.41) is 78.7. The molecule has 12 nitrogen and oxygen atoms in total. The summed E-state index contributed by atoms with van der Waals surface area (Å²) in [6, 6.07) is 5.36. The molecule has 8 N–H and O–H groups in total. The molecule has 0 aliphatic carbocycles. The van der Waals surface area contributed by atoms with Gasteiger partial charge >= 0.3 is 0 Å². The van der Waals surface area contributed by atoms with Crippen molar-refractivity contribution < 1.29 is 54.7 Å². The van der Waals surface area contributed by atoms with Gasteiger partial charge < -0.3 is 54.7 Å². The van der Waals surface area contributed by atoms with E-state index in [-0.39, 0.29) is 22.3 Å². The molecule has 1 unspecified atom stereocenters. The number of aliphatic hydroxyl groups is 4. The number of aliphatic hydroxyl groups excluding tert-OH is 4. The molecule has 2 heterocycles. The predicted molar refractivity (Wildman–Crippen MR) is 109 cm³/mol. The van der Waals surface area contributed by atoms with Crippen LogP contribution in [0.4, 0.5) is 0 Å². The summed E-state index contributed by atoms with van der Waals surface area (Å²) in [4.78, 5) is 13.2. The smallest absolute Gasteiger partial charge is 0.239 e. The third kappa shape index (κ3) is 3.90. The van der Waals surface area contributed by atoms with Gasteiger partial charge in [0, 0.05) is 17.7 Å². The second-order valence-corrected chi connectivity index (χ2v) is 7.45. The van der Waals surface area contributed by atoms with Gasteiger partial charge in [-0.25, -0.2) is 0 Å². The number of hydrogen-bond acceptors (Lipinski definition) is 12. The van der Waals surface area contributed by atoms with Crippen LogP contribution >= 0.6 is 0 Å². The van der Waals surface area contributed by atoms with Crippen LogP contribution in [-0.4, -0.2) is 78.2 Å². The molecule has 4 rings (SSSR count). The van der Waals surface area contributed by atoms with E-state index in [0.717, 1.165) is 24.3 Å². The lowest BCUT2D eigenvalue weighted by atomic mass is 9.99. The Balaban J connectivity index is 1.91. The summed E-state index contributed by atoms with van der Waals surface area (Å²) < 4.78 is 16.5. The number of ether oxygens (including phenoxy) is 2. The second kappa shape index (κ2) is 8.42. The van der Waals surface area contributed by atoms with Crippen LogP contribution in [0.5, 0.6) is 28.7 Å². The Morgan fingerprint density at radius 1 is 0.879 bits per heavy atom. The molecule has 3 aromatic rings. The molecule has 1 aromatic heterocycles. The van der Waals surface area contributed by atoms with Gasteiger partial charge in [-0.2, -0.15) is 0 Å². The Bertz CT molecular complexity index is 1250. The lowest BCUT2D eigenvalue weighted by Gasteiger charge is -2.39. The van der Waals surface area contributed by atoms with Crippen molar-refractivity contribution in [2.45, 2.75) is 30.7 Å². The first-order chi connectivity index (χ1) is 15.6. The first-order valence-electron chi connectivity index (χ1n) is 9.64. The zero-order valence-corrected chi connectivity index (χ0v) is 16.7. The maximum atomic E-state index is 13.2. The van der Waals surface area contributed by atoms with Crippen molar-refractivity contribution in [1.29, 1.82) is 0 Å². The average molecular weight is 464 g/mol. The largest absolute Gasteiger partial charge is 0.508 e. The normalized spacial score (nSPS) is 25.3. The van der Waals surface area contributed by atoms with Crippen LogP contribution < -0.4 is 10.2 Å². The Morgan fingerprint density at radius 2 is 1.61 bits per heavy atom. The van der Waals surface area contributed by atoms with Gasteiger partial charge in [0.15, 0.2) is 17.3 Å². The number of benzene rings is 2. The molecule has 0 saturated carbocycles. The van der Waals surface area contributed by atoms with Crippen molar-refractivity contribution in [3.05, 3.63) is 40.6 Å². The van der Waals surface area contributed by atoms with Gasteiger partial charge in [0.05, 0.1) is 6.61 Å². The van der Waals surface area contributed by atoms with Crippen molar-refractivity contribution in [3.8, 4) is 40.1 Å². The van der Waals surface area contributed by atoms with Crippen molar-refractivity contribution in [1.82, 2.24) is 0 Å². The first kappa shape index (κ1) is 22.6. The third-order valence-corrected chi connectivity index (χ3v) is 5.24. The van der Waals surface area contributed by atoms with E-state index in [0.29, 0.717) is 0 Å². The molecular weight excluding hydrogens is 444 g/mol. The van der Waals surface area contributed by atoms with E-state index in [1.54, 1.807) is 0 Å². The van der Waals surface area contributed by atoms with Crippen LogP contribution in [0.1, 0.15) is 0 Å². The van der Waals surface area contributed by atoms with Crippen LogP contribution in [0.2, 0.25) is 0 Å². The lowest BCUT2D eigenvalue weighted by molar-refractivity contribution is -0.277. The highest BCUT2D eigenvalue weighted by molar-refractivity contribution is 5.88. The van der Waals surface area contributed by atoms with Crippen LogP contribution in [0.25, 0.3) is 22.3 Å². The highest BCUT2D eigenvalue weighted by Gasteiger charge is 2.45. The molecule has 0 bridgehead atoms. The second-order valence-electron chi connectivity index (χ2n) is 7.45. The van der Waals surface area contributed by atoms with Gasteiger partial charge in [-0.15, -0.1) is 0 Å². The van der Waals surface area contributed by atoms with Crippen LogP contribution in [0.15, 0.2) is 39.5 Å². The number of hydrogen-bond donors (Lipinski definition) is 8. The Morgan fingerprint density at radius 3 is 2.27 bits per heavy atom. The average Bonchev–Trinajstić information content (AvgIpc) is 2.76. The number of fused-ring (bicyclic) bond motifs is 1. The quantitative estimate of drug-likeness (QED) is 0.229. The lowest BCUT2D eigenvalue weighted by Crippen LogP contribution is -2.60. The minimum atomic E-state index is -1.85. The SMILES string of the molecule is O=c1c(OC2O[C@@H](CO)[C@H](O)[C@@H](O)[C@@H]2O)c(-c2ccc(O)c(O)c2)oc2cc(O)cc(O)c12. The fraction of sp³-hybridized carbons (Fsp3) is 0.286. The van der Waals surface area contributed by atoms with Crippen LogP contribution in [0, 0.1) is 0 Å². The highest BCUT2D eigenvalue weighted by atomic mass is 16.7. The molecule has 1 saturated heterocycles. The minimum Gasteiger partial charge on any atom is -0.508 e. The number of phenolic OH excluding ortho intramolecular Hbond substituents is 4. The zero-order valence-electron chi connectivity index (χ0n) is 16.7. The Kier molecular flexibility index (Phi) is 5.78. The standard InChI is InChI=1S/C21H20O12/c22-6-13-15(27)17(29)18(30)21(32-13)33-20-16(28)14-11(26)4-8(23)5-12(14)31-19(20)7-1-2-9(24)10(25)3-7/h1-5,13,15,17-18,21-27,29-30H,6H2/t13-,15-,17+,18-,21?/m0/s1. The minimum absolute atomic E-state index is 0.0201. The van der Waals surface area contributed by atoms with E-state index in [1.165, 1.54) is 6.07 Å². The molecule has 176 valence electrons. The zero-order chi connectivity index (χ0) is 24.0.